The standard InChI is InChI=1S/C32H65BN2/c1-9-30-25-29(24-26(3)27(30)4)20-16-15-19-23-35(8)28(5)34-22-18-14-12-11-13-17-21-31(33)32(6,7)10-2/h26-27,29-31,34H,5,9-25,33H2,1-4,6-8H3. The second-order valence-electron chi connectivity index (χ2n) is 13.1. The van der Waals surface area contributed by atoms with E-state index in [0.717, 1.165) is 48.4 Å². The summed E-state index contributed by atoms with van der Waals surface area (Å²) in [6.45, 7) is 21.0. The van der Waals surface area contributed by atoms with Crippen LogP contribution in [-0.2, 0) is 0 Å². The number of rotatable bonds is 20. The molecule has 0 aromatic rings. The highest BCUT2D eigenvalue weighted by atomic mass is 15.2. The lowest BCUT2D eigenvalue weighted by molar-refractivity contribution is 0.119. The van der Waals surface area contributed by atoms with Crippen molar-refractivity contribution in [3.05, 3.63) is 12.4 Å². The van der Waals surface area contributed by atoms with Gasteiger partial charge in [0.25, 0.3) is 0 Å². The summed E-state index contributed by atoms with van der Waals surface area (Å²) in [6.07, 6.45) is 20.7. The van der Waals surface area contributed by atoms with Crippen molar-refractivity contribution < 1.29 is 0 Å². The van der Waals surface area contributed by atoms with E-state index < -0.39 is 0 Å². The second-order valence-corrected chi connectivity index (χ2v) is 13.1. The van der Waals surface area contributed by atoms with Crippen molar-refractivity contribution in [1.29, 1.82) is 0 Å². The first-order chi connectivity index (χ1) is 16.6. The molecule has 5 unspecified atom stereocenters. The van der Waals surface area contributed by atoms with Crippen LogP contribution < -0.4 is 5.32 Å². The summed E-state index contributed by atoms with van der Waals surface area (Å²) in [5.41, 5.74) is 0.506. The maximum Gasteiger partial charge on any atom is 0.106 e. The minimum Gasteiger partial charge on any atom is -0.372 e. The molecule has 0 saturated heterocycles. The fraction of sp³-hybridized carbons (Fsp3) is 0.938. The Bertz CT molecular complexity index is 546. The van der Waals surface area contributed by atoms with Crippen LogP contribution in [-0.4, -0.2) is 32.9 Å². The Morgan fingerprint density at radius 3 is 2.26 bits per heavy atom. The Kier molecular flexibility index (Phi) is 16.5. The minimum atomic E-state index is 0.506. The molecule has 0 spiro atoms. The molecule has 3 heteroatoms. The molecule has 0 heterocycles. The first-order valence-electron chi connectivity index (χ1n) is 15.8. The highest BCUT2D eigenvalue weighted by Gasteiger charge is 2.31. The van der Waals surface area contributed by atoms with E-state index in [0.29, 0.717) is 5.41 Å². The lowest BCUT2D eigenvalue weighted by Gasteiger charge is -2.38. The number of hydrogen-bond acceptors (Lipinski definition) is 2. The summed E-state index contributed by atoms with van der Waals surface area (Å²) in [7, 11) is 4.64. The van der Waals surface area contributed by atoms with E-state index in [-0.39, 0.29) is 0 Å². The average molecular weight is 489 g/mol. The third-order valence-electron chi connectivity index (χ3n) is 10.2. The SMILES string of the molecule is BC(CCCCCCCCNC(=C)N(C)CCCCCC1CC(C)C(C)C(CC)C1)C(C)(C)CC. The molecule has 2 nitrogen and oxygen atoms in total. The molecular formula is C32H65BN2. The molecule has 5 atom stereocenters. The van der Waals surface area contributed by atoms with Gasteiger partial charge in [0.2, 0.25) is 0 Å². The molecule has 0 aromatic heterocycles. The molecule has 1 aliphatic carbocycles. The van der Waals surface area contributed by atoms with Crippen molar-refractivity contribution in [2.45, 2.75) is 144 Å². The van der Waals surface area contributed by atoms with Crippen molar-refractivity contribution in [2.75, 3.05) is 20.1 Å². The lowest BCUT2D eigenvalue weighted by Crippen LogP contribution is -2.29. The third-order valence-corrected chi connectivity index (χ3v) is 10.2. The van der Waals surface area contributed by atoms with Crippen molar-refractivity contribution in [1.82, 2.24) is 10.2 Å². The van der Waals surface area contributed by atoms with Gasteiger partial charge < -0.3 is 10.2 Å². The Balaban J connectivity index is 1.98. The summed E-state index contributed by atoms with van der Waals surface area (Å²) in [5, 5.41) is 3.57. The molecule has 1 fully saturated rings. The van der Waals surface area contributed by atoms with E-state index in [1.807, 2.05) is 0 Å². The predicted molar refractivity (Wildman–Crippen MR) is 162 cm³/mol. The smallest absolute Gasteiger partial charge is 0.106 e. The summed E-state index contributed by atoms with van der Waals surface area (Å²) in [4.78, 5) is 2.33. The Morgan fingerprint density at radius 1 is 0.971 bits per heavy atom. The van der Waals surface area contributed by atoms with E-state index in [4.69, 9.17) is 0 Å². The van der Waals surface area contributed by atoms with Crippen LogP contribution in [0.4, 0.5) is 0 Å². The van der Waals surface area contributed by atoms with Gasteiger partial charge >= 0.3 is 0 Å². The summed E-state index contributed by atoms with van der Waals surface area (Å²) in [5.74, 6) is 5.76. The van der Waals surface area contributed by atoms with Gasteiger partial charge in [-0.25, -0.2) is 0 Å². The molecule has 206 valence electrons. The summed E-state index contributed by atoms with van der Waals surface area (Å²) in [6, 6.07) is 0. The number of hydrogen-bond donors (Lipinski definition) is 1. The molecule has 1 N–H and O–H groups in total. The fourth-order valence-corrected chi connectivity index (χ4v) is 6.20. The lowest BCUT2D eigenvalue weighted by atomic mass is 9.64. The molecule has 35 heavy (non-hydrogen) atoms. The van der Waals surface area contributed by atoms with E-state index in [9.17, 15) is 0 Å². The van der Waals surface area contributed by atoms with E-state index in [1.165, 1.54) is 96.3 Å². The Labute approximate surface area is 223 Å². The van der Waals surface area contributed by atoms with Crippen LogP contribution in [0, 0.1) is 29.1 Å². The van der Waals surface area contributed by atoms with Gasteiger partial charge in [-0.05, 0) is 54.8 Å². The van der Waals surface area contributed by atoms with E-state index in [2.05, 4.69) is 73.2 Å². The van der Waals surface area contributed by atoms with Crippen molar-refractivity contribution in [3.63, 3.8) is 0 Å². The van der Waals surface area contributed by atoms with Gasteiger partial charge in [-0.1, -0.05) is 125 Å². The van der Waals surface area contributed by atoms with Gasteiger partial charge in [0.05, 0.1) is 5.82 Å². The van der Waals surface area contributed by atoms with Crippen molar-refractivity contribution in [3.8, 4) is 0 Å². The molecule has 1 rings (SSSR count). The van der Waals surface area contributed by atoms with Crippen molar-refractivity contribution in [2.24, 2.45) is 29.1 Å². The van der Waals surface area contributed by atoms with Gasteiger partial charge in [0.1, 0.15) is 7.85 Å². The van der Waals surface area contributed by atoms with Crippen LogP contribution in [0.1, 0.15) is 138 Å². The first kappa shape index (κ1) is 32.4. The zero-order valence-corrected chi connectivity index (χ0v) is 25.6. The van der Waals surface area contributed by atoms with Gasteiger partial charge in [0, 0.05) is 20.1 Å². The molecular weight excluding hydrogens is 423 g/mol. The molecule has 1 aliphatic rings. The molecule has 0 amide bonds. The Hall–Kier alpha value is -0.595. The van der Waals surface area contributed by atoms with E-state index in [1.54, 1.807) is 0 Å². The van der Waals surface area contributed by atoms with Crippen LogP contribution in [0.3, 0.4) is 0 Å². The largest absolute Gasteiger partial charge is 0.372 e. The highest BCUT2D eigenvalue weighted by molar-refractivity contribution is 6.12. The monoisotopic (exact) mass is 489 g/mol. The maximum atomic E-state index is 4.28. The molecule has 0 bridgehead atoms. The summed E-state index contributed by atoms with van der Waals surface area (Å²) < 4.78 is 0. The van der Waals surface area contributed by atoms with Crippen LogP contribution in [0.2, 0.25) is 5.82 Å². The van der Waals surface area contributed by atoms with Crippen LogP contribution in [0.5, 0.6) is 0 Å². The van der Waals surface area contributed by atoms with Gasteiger partial charge in [-0.15, -0.1) is 0 Å². The van der Waals surface area contributed by atoms with Crippen LogP contribution in [0.15, 0.2) is 12.4 Å². The fourth-order valence-electron chi connectivity index (χ4n) is 6.20. The quantitative estimate of drug-likeness (QED) is 0.136. The predicted octanol–water partition coefficient (Wildman–Crippen LogP) is 8.84. The molecule has 0 radical (unpaired) electrons. The van der Waals surface area contributed by atoms with Crippen LogP contribution >= 0.6 is 0 Å². The summed E-state index contributed by atoms with van der Waals surface area (Å²) >= 11 is 0. The molecule has 0 aromatic carbocycles. The molecule has 1 saturated carbocycles. The number of unbranched alkanes of at least 4 members (excludes halogenated alkanes) is 7. The second kappa shape index (κ2) is 17.8. The van der Waals surface area contributed by atoms with Crippen molar-refractivity contribution >= 4 is 7.85 Å². The van der Waals surface area contributed by atoms with Gasteiger partial charge in [-0.3, -0.25) is 0 Å². The highest BCUT2D eigenvalue weighted by Crippen LogP contribution is 2.41. The van der Waals surface area contributed by atoms with Crippen LogP contribution in [0.25, 0.3) is 0 Å². The zero-order chi connectivity index (χ0) is 26.3. The Morgan fingerprint density at radius 2 is 1.60 bits per heavy atom. The average Bonchev–Trinajstić information content (AvgIpc) is 2.84. The number of nitrogens with zero attached hydrogens (tertiary/aromatic N) is 1. The topological polar surface area (TPSA) is 15.3 Å². The third kappa shape index (κ3) is 13.0. The van der Waals surface area contributed by atoms with E-state index >= 15 is 0 Å². The first-order valence-corrected chi connectivity index (χ1v) is 15.8. The normalized spacial score (nSPS) is 23.7. The number of nitrogens with one attached hydrogen (secondary N) is 1. The maximum absolute atomic E-state index is 4.28. The molecule has 0 aliphatic heterocycles. The zero-order valence-electron chi connectivity index (χ0n) is 25.6. The van der Waals surface area contributed by atoms with Gasteiger partial charge in [-0.2, -0.15) is 0 Å². The van der Waals surface area contributed by atoms with Gasteiger partial charge in [0.15, 0.2) is 0 Å². The minimum absolute atomic E-state index is 0.506.